The van der Waals surface area contributed by atoms with Crippen LogP contribution < -0.4 is 0 Å². The van der Waals surface area contributed by atoms with Crippen LogP contribution in [-0.2, 0) is 0 Å². The monoisotopic (exact) mass is 478 g/mol. The van der Waals surface area contributed by atoms with E-state index in [4.69, 9.17) is 12.6 Å². The van der Waals surface area contributed by atoms with Gasteiger partial charge in [0.2, 0.25) is 0 Å². The second-order valence-electron chi connectivity index (χ2n) is 13.6. The van der Waals surface area contributed by atoms with Gasteiger partial charge in [-0.2, -0.15) is 12.6 Å². The van der Waals surface area contributed by atoms with Gasteiger partial charge in [0, 0.05) is 4.75 Å². The van der Waals surface area contributed by atoms with Crippen LogP contribution in [0, 0.1) is 58.7 Å². The highest BCUT2D eigenvalue weighted by Crippen LogP contribution is 2.65. The van der Waals surface area contributed by atoms with Crippen LogP contribution >= 0.6 is 12.6 Å². The van der Waals surface area contributed by atoms with Crippen LogP contribution in [0.15, 0.2) is 0 Å². The predicted molar refractivity (Wildman–Crippen MR) is 153 cm³/mol. The molecular formula is C32H62S. The van der Waals surface area contributed by atoms with Crippen LogP contribution in [0.5, 0.6) is 0 Å². The van der Waals surface area contributed by atoms with Crippen molar-refractivity contribution in [2.75, 3.05) is 0 Å². The molecule has 196 valence electrons. The van der Waals surface area contributed by atoms with Crippen molar-refractivity contribution in [2.45, 2.75) is 145 Å². The van der Waals surface area contributed by atoms with Crippen molar-refractivity contribution in [2.24, 2.45) is 58.7 Å². The molecule has 0 aromatic carbocycles. The molecule has 0 aliphatic heterocycles. The molecule has 0 aromatic rings. The third-order valence-corrected chi connectivity index (χ3v) is 11.5. The quantitative estimate of drug-likeness (QED) is 0.250. The number of unbranched alkanes of at least 4 members (excludes halogenated alkanes) is 1. The van der Waals surface area contributed by atoms with E-state index in [1.807, 2.05) is 0 Å². The third-order valence-electron chi connectivity index (χ3n) is 11.1. The highest BCUT2D eigenvalue weighted by atomic mass is 32.1. The normalized spacial score (nSPS) is 36.6. The lowest BCUT2D eigenvalue weighted by molar-refractivity contribution is -0.0325. The van der Waals surface area contributed by atoms with Gasteiger partial charge in [-0.1, -0.05) is 114 Å². The molecule has 0 bridgehead atoms. The highest BCUT2D eigenvalue weighted by molar-refractivity contribution is 7.81. The first-order valence-electron chi connectivity index (χ1n) is 15.2. The van der Waals surface area contributed by atoms with E-state index in [2.05, 4.69) is 69.2 Å². The van der Waals surface area contributed by atoms with Crippen molar-refractivity contribution >= 4 is 12.6 Å². The van der Waals surface area contributed by atoms with Crippen molar-refractivity contribution in [1.29, 1.82) is 0 Å². The van der Waals surface area contributed by atoms with E-state index in [-0.39, 0.29) is 4.75 Å². The summed E-state index contributed by atoms with van der Waals surface area (Å²) < 4.78 is 0.148. The average molecular weight is 479 g/mol. The maximum atomic E-state index is 5.15. The SMILES string of the molecule is CCCCC(C)C(CCC)C(C)C(CC)C1(C2C(C)CC(C)C2CC)CCC(C(C)(C)S)C1. The van der Waals surface area contributed by atoms with E-state index < -0.39 is 0 Å². The first-order valence-corrected chi connectivity index (χ1v) is 15.6. The van der Waals surface area contributed by atoms with Gasteiger partial charge in [-0.25, -0.2) is 0 Å². The zero-order chi connectivity index (χ0) is 25.0. The minimum atomic E-state index is 0.148. The van der Waals surface area contributed by atoms with E-state index in [0.717, 1.165) is 53.3 Å². The van der Waals surface area contributed by atoms with Crippen molar-refractivity contribution in [3.63, 3.8) is 0 Å². The fourth-order valence-corrected chi connectivity index (χ4v) is 9.89. The maximum Gasteiger partial charge on any atom is 0.0101 e. The van der Waals surface area contributed by atoms with Gasteiger partial charge in [-0.05, 0) is 84.4 Å². The molecule has 0 nitrogen and oxygen atoms in total. The van der Waals surface area contributed by atoms with Crippen LogP contribution in [0.25, 0.3) is 0 Å². The molecule has 10 atom stereocenters. The summed E-state index contributed by atoms with van der Waals surface area (Å²) in [6, 6.07) is 0. The molecule has 1 heteroatoms. The van der Waals surface area contributed by atoms with E-state index in [0.29, 0.717) is 5.41 Å². The lowest BCUT2D eigenvalue weighted by Crippen LogP contribution is -2.46. The number of thiol groups is 1. The van der Waals surface area contributed by atoms with E-state index in [1.54, 1.807) is 0 Å². The Bertz CT molecular complexity index is 561. The van der Waals surface area contributed by atoms with Gasteiger partial charge < -0.3 is 0 Å². The summed E-state index contributed by atoms with van der Waals surface area (Å²) in [7, 11) is 0. The topological polar surface area (TPSA) is 0 Å². The molecule has 2 saturated carbocycles. The van der Waals surface area contributed by atoms with Crippen LogP contribution in [0.3, 0.4) is 0 Å². The van der Waals surface area contributed by atoms with Crippen LogP contribution in [0.2, 0.25) is 0 Å². The molecule has 2 rings (SSSR count). The van der Waals surface area contributed by atoms with Crippen LogP contribution in [0.1, 0.15) is 140 Å². The summed E-state index contributed by atoms with van der Waals surface area (Å²) in [5.74, 6) is 7.85. The summed E-state index contributed by atoms with van der Waals surface area (Å²) in [4.78, 5) is 0. The van der Waals surface area contributed by atoms with Gasteiger partial charge in [-0.3, -0.25) is 0 Å². The van der Waals surface area contributed by atoms with Gasteiger partial charge in [0.1, 0.15) is 0 Å². The lowest BCUT2D eigenvalue weighted by atomic mass is 9.53. The Morgan fingerprint density at radius 3 is 2.12 bits per heavy atom. The second-order valence-corrected chi connectivity index (χ2v) is 14.7. The molecule has 10 unspecified atom stereocenters. The third kappa shape index (κ3) is 6.38. The number of hydrogen-bond donors (Lipinski definition) is 1. The number of rotatable bonds is 13. The van der Waals surface area contributed by atoms with E-state index in [9.17, 15) is 0 Å². The second kappa shape index (κ2) is 12.5. The van der Waals surface area contributed by atoms with Gasteiger partial charge in [-0.15, -0.1) is 0 Å². The zero-order valence-corrected chi connectivity index (χ0v) is 25.3. The minimum Gasteiger partial charge on any atom is -0.173 e. The van der Waals surface area contributed by atoms with Crippen molar-refractivity contribution in [3.05, 3.63) is 0 Å². The molecule has 0 amide bonds. The Labute approximate surface area is 215 Å². The Morgan fingerprint density at radius 1 is 0.970 bits per heavy atom. The molecule has 0 saturated heterocycles. The summed E-state index contributed by atoms with van der Waals surface area (Å²) in [5.41, 5.74) is 0.528. The Morgan fingerprint density at radius 2 is 1.64 bits per heavy atom. The molecule has 2 aliphatic carbocycles. The first kappa shape index (κ1) is 29.6. The standard InChI is InChI=1S/C32H62S/c1-11-15-17-22(5)28(16-12-2)25(8)29(14-4)32(19-18-26(21-32)31(9,10)33)30-24(7)20-23(6)27(30)13-3/h22-30,33H,11-21H2,1-10H3. The summed E-state index contributed by atoms with van der Waals surface area (Å²) >= 11 is 5.15. The van der Waals surface area contributed by atoms with E-state index >= 15 is 0 Å². The first-order chi connectivity index (χ1) is 15.5. The molecule has 0 aromatic heterocycles. The van der Waals surface area contributed by atoms with Gasteiger partial charge >= 0.3 is 0 Å². The van der Waals surface area contributed by atoms with Gasteiger partial charge in [0.25, 0.3) is 0 Å². The van der Waals surface area contributed by atoms with Crippen molar-refractivity contribution in [3.8, 4) is 0 Å². The zero-order valence-electron chi connectivity index (χ0n) is 24.4. The Balaban J connectivity index is 2.49. The van der Waals surface area contributed by atoms with Crippen molar-refractivity contribution < 1.29 is 0 Å². The average Bonchev–Trinajstić information content (AvgIpc) is 3.31. The highest BCUT2D eigenvalue weighted by Gasteiger charge is 2.58. The number of hydrogen-bond acceptors (Lipinski definition) is 1. The summed E-state index contributed by atoms with van der Waals surface area (Å²) in [6.45, 7) is 25.1. The van der Waals surface area contributed by atoms with E-state index in [1.165, 1.54) is 70.6 Å². The molecule has 0 N–H and O–H groups in total. The van der Waals surface area contributed by atoms with Gasteiger partial charge in [0.05, 0.1) is 0 Å². The fourth-order valence-electron chi connectivity index (χ4n) is 9.67. The molecule has 0 spiro atoms. The maximum absolute atomic E-state index is 5.15. The largest absolute Gasteiger partial charge is 0.173 e. The van der Waals surface area contributed by atoms with Crippen LogP contribution in [0.4, 0.5) is 0 Å². The fraction of sp³-hybridized carbons (Fsp3) is 1.00. The molecule has 0 heterocycles. The summed E-state index contributed by atoms with van der Waals surface area (Å²) in [6.07, 6.45) is 15.4. The minimum absolute atomic E-state index is 0.148. The Hall–Kier alpha value is 0.350. The molecule has 2 aliphatic rings. The lowest BCUT2D eigenvalue weighted by Gasteiger charge is -2.52. The molecule has 0 radical (unpaired) electrons. The molecular weight excluding hydrogens is 416 g/mol. The predicted octanol–water partition coefficient (Wildman–Crippen LogP) is 10.7. The van der Waals surface area contributed by atoms with Crippen LogP contribution in [-0.4, -0.2) is 4.75 Å². The molecule has 33 heavy (non-hydrogen) atoms. The smallest absolute Gasteiger partial charge is 0.0101 e. The molecule has 2 fully saturated rings. The Kier molecular flexibility index (Phi) is 11.2. The summed E-state index contributed by atoms with van der Waals surface area (Å²) in [5, 5.41) is 0. The van der Waals surface area contributed by atoms with Crippen molar-refractivity contribution in [1.82, 2.24) is 0 Å². The van der Waals surface area contributed by atoms with Gasteiger partial charge in [0.15, 0.2) is 0 Å².